The van der Waals surface area contributed by atoms with Crippen LogP contribution in [0.25, 0.3) is 54.9 Å². The first kappa shape index (κ1) is 22.6. The highest BCUT2D eigenvalue weighted by Crippen LogP contribution is 2.37. The van der Waals surface area contributed by atoms with Gasteiger partial charge in [-0.2, -0.15) is 0 Å². The number of benzene rings is 4. The summed E-state index contributed by atoms with van der Waals surface area (Å²) in [6.07, 6.45) is 0. The summed E-state index contributed by atoms with van der Waals surface area (Å²) in [5.41, 5.74) is 9.23. The summed E-state index contributed by atoms with van der Waals surface area (Å²) in [5.74, 6) is 1.81. The molecule has 0 bridgehead atoms. The van der Waals surface area contributed by atoms with E-state index in [0.29, 0.717) is 28.7 Å². The summed E-state index contributed by atoms with van der Waals surface area (Å²) in [6.45, 7) is 15.9. The number of fused-ring (bicyclic) bond motifs is 3. The van der Waals surface area contributed by atoms with Crippen LogP contribution in [-0.2, 0) is 0 Å². The van der Waals surface area contributed by atoms with Crippen LogP contribution in [0, 0.1) is 34.3 Å². The Balaban J connectivity index is 1.60. The SMILES string of the molecule is [C-]#[N+]c1cc(-n2c3ccccc3c3ccc(-c4cc(C)cc(C)c4)cc32)ccc1-c1nc(C)nc(C)n1. The zero-order chi connectivity index (χ0) is 25.7. The summed E-state index contributed by atoms with van der Waals surface area (Å²) in [4.78, 5) is 17.1. The molecule has 178 valence electrons. The largest absolute Gasteiger partial charge is 0.310 e. The topological polar surface area (TPSA) is 48.0 Å². The first-order valence-corrected chi connectivity index (χ1v) is 12.2. The number of aromatic nitrogens is 4. The van der Waals surface area contributed by atoms with E-state index in [1.807, 2.05) is 32.0 Å². The monoisotopic (exact) mass is 479 g/mol. The number of aryl methyl sites for hydroxylation is 4. The van der Waals surface area contributed by atoms with Crippen LogP contribution in [-0.4, -0.2) is 19.5 Å². The van der Waals surface area contributed by atoms with E-state index in [-0.39, 0.29) is 0 Å². The molecule has 0 saturated carbocycles. The Bertz CT molecular complexity index is 1850. The molecule has 4 aromatic carbocycles. The second-order valence-electron chi connectivity index (χ2n) is 9.53. The highest BCUT2D eigenvalue weighted by atomic mass is 15.0. The van der Waals surface area contributed by atoms with E-state index < -0.39 is 0 Å². The van der Waals surface area contributed by atoms with Crippen LogP contribution in [0.3, 0.4) is 0 Å². The zero-order valence-electron chi connectivity index (χ0n) is 21.2. The Kier molecular flexibility index (Phi) is 5.31. The minimum Gasteiger partial charge on any atom is -0.310 e. The molecule has 0 N–H and O–H groups in total. The van der Waals surface area contributed by atoms with Crippen LogP contribution >= 0.6 is 0 Å². The van der Waals surface area contributed by atoms with Gasteiger partial charge in [0.2, 0.25) is 0 Å². The number of rotatable bonds is 3. The number of para-hydroxylation sites is 1. The van der Waals surface area contributed by atoms with E-state index in [2.05, 4.69) is 98.9 Å². The lowest BCUT2D eigenvalue weighted by molar-refractivity contribution is 0.929. The van der Waals surface area contributed by atoms with Crippen LogP contribution in [0.2, 0.25) is 0 Å². The molecule has 2 heterocycles. The fraction of sp³-hybridized carbons (Fsp3) is 0.125. The quantitative estimate of drug-likeness (QED) is 0.241. The van der Waals surface area contributed by atoms with E-state index in [0.717, 1.165) is 16.7 Å². The summed E-state index contributed by atoms with van der Waals surface area (Å²) in [7, 11) is 0. The predicted molar refractivity (Wildman–Crippen MR) is 150 cm³/mol. The maximum absolute atomic E-state index is 7.92. The van der Waals surface area contributed by atoms with Gasteiger partial charge in [-0.3, -0.25) is 0 Å². The number of hydrogen-bond acceptors (Lipinski definition) is 3. The van der Waals surface area contributed by atoms with Crippen LogP contribution in [0.15, 0.2) is 78.9 Å². The molecular weight excluding hydrogens is 454 g/mol. The van der Waals surface area contributed by atoms with Gasteiger partial charge in [-0.1, -0.05) is 65.7 Å². The fourth-order valence-electron chi connectivity index (χ4n) is 5.25. The first-order valence-electron chi connectivity index (χ1n) is 12.2. The first-order chi connectivity index (χ1) is 17.9. The molecule has 6 rings (SSSR count). The Morgan fingerprint density at radius 3 is 2.08 bits per heavy atom. The van der Waals surface area contributed by atoms with Gasteiger partial charge in [0, 0.05) is 22.0 Å². The van der Waals surface area contributed by atoms with Gasteiger partial charge in [0.1, 0.15) is 11.6 Å². The zero-order valence-corrected chi connectivity index (χ0v) is 21.2. The third-order valence-electron chi connectivity index (χ3n) is 6.69. The maximum Gasteiger partial charge on any atom is 0.200 e. The van der Waals surface area contributed by atoms with Gasteiger partial charge < -0.3 is 4.57 Å². The lowest BCUT2D eigenvalue weighted by atomic mass is 9.99. The Hall–Kier alpha value is -4.82. The van der Waals surface area contributed by atoms with Crippen molar-refractivity contribution < 1.29 is 0 Å². The molecule has 2 aromatic heterocycles. The molecule has 0 unspecified atom stereocenters. The average Bonchev–Trinajstić information content (AvgIpc) is 3.21. The van der Waals surface area contributed by atoms with E-state index in [1.54, 1.807) is 0 Å². The molecule has 0 saturated heterocycles. The predicted octanol–water partition coefficient (Wildman–Crippen LogP) is 8.09. The van der Waals surface area contributed by atoms with Crippen LogP contribution in [0.1, 0.15) is 22.8 Å². The van der Waals surface area contributed by atoms with E-state index in [9.17, 15) is 0 Å². The van der Waals surface area contributed by atoms with E-state index in [1.165, 1.54) is 33.0 Å². The molecule has 0 spiro atoms. The van der Waals surface area contributed by atoms with Crippen molar-refractivity contribution in [2.45, 2.75) is 27.7 Å². The van der Waals surface area contributed by atoms with Gasteiger partial charge in [0.25, 0.3) is 0 Å². The standard InChI is InChI=1S/C32H25N5/c1-19-14-20(2)16-24(15-19)23-10-12-27-26-8-6-7-9-30(26)37(31(27)17-23)25-11-13-28(29(18-25)33-5)32-35-21(3)34-22(4)36-32/h6-18H,1-4H3. The molecule has 0 fully saturated rings. The van der Waals surface area contributed by atoms with Crippen molar-refractivity contribution >= 4 is 27.5 Å². The molecule has 5 heteroatoms. The molecule has 0 amide bonds. The fourth-order valence-corrected chi connectivity index (χ4v) is 5.25. The molecule has 37 heavy (non-hydrogen) atoms. The normalized spacial score (nSPS) is 11.2. The molecular formula is C32H25N5. The molecule has 0 aliphatic rings. The number of hydrogen-bond donors (Lipinski definition) is 0. The maximum atomic E-state index is 7.92. The third kappa shape index (κ3) is 3.93. The van der Waals surface area contributed by atoms with Gasteiger partial charge >= 0.3 is 0 Å². The molecule has 0 atom stereocenters. The number of nitrogens with zero attached hydrogens (tertiary/aromatic N) is 5. The highest BCUT2D eigenvalue weighted by molar-refractivity contribution is 6.10. The minimum absolute atomic E-state index is 0.513. The van der Waals surface area contributed by atoms with Crippen molar-refractivity contribution in [3.63, 3.8) is 0 Å². The summed E-state index contributed by atoms with van der Waals surface area (Å²) in [5, 5.41) is 2.36. The lowest BCUT2D eigenvalue weighted by Crippen LogP contribution is -2.00. The van der Waals surface area contributed by atoms with Gasteiger partial charge in [-0.25, -0.2) is 19.8 Å². The average molecular weight is 480 g/mol. The molecule has 6 aromatic rings. The smallest absolute Gasteiger partial charge is 0.200 e. The van der Waals surface area contributed by atoms with Crippen molar-refractivity contribution in [2.24, 2.45) is 0 Å². The van der Waals surface area contributed by atoms with Crippen LogP contribution in [0.4, 0.5) is 5.69 Å². The van der Waals surface area contributed by atoms with Crippen molar-refractivity contribution in [1.82, 2.24) is 19.5 Å². The van der Waals surface area contributed by atoms with E-state index >= 15 is 0 Å². The second-order valence-corrected chi connectivity index (χ2v) is 9.53. The molecule has 5 nitrogen and oxygen atoms in total. The van der Waals surface area contributed by atoms with E-state index in [4.69, 9.17) is 6.57 Å². The summed E-state index contributed by atoms with van der Waals surface area (Å²) < 4.78 is 2.25. The van der Waals surface area contributed by atoms with Crippen LogP contribution in [0.5, 0.6) is 0 Å². The van der Waals surface area contributed by atoms with Gasteiger partial charge in [0.05, 0.1) is 17.6 Å². The van der Waals surface area contributed by atoms with Crippen LogP contribution < -0.4 is 0 Å². The van der Waals surface area contributed by atoms with Crippen molar-refractivity contribution in [3.8, 4) is 28.2 Å². The van der Waals surface area contributed by atoms with Gasteiger partial charge in [0.15, 0.2) is 11.5 Å². The molecule has 0 aliphatic carbocycles. The lowest BCUT2D eigenvalue weighted by Gasteiger charge is -2.12. The summed E-state index contributed by atoms with van der Waals surface area (Å²) >= 11 is 0. The Morgan fingerprint density at radius 2 is 1.35 bits per heavy atom. The second kappa shape index (κ2) is 8.69. The van der Waals surface area contributed by atoms with Crippen molar-refractivity contribution in [3.05, 3.63) is 113 Å². The molecule has 0 radical (unpaired) electrons. The van der Waals surface area contributed by atoms with Crippen molar-refractivity contribution in [1.29, 1.82) is 0 Å². The van der Waals surface area contributed by atoms with Crippen molar-refractivity contribution in [2.75, 3.05) is 0 Å². The van der Waals surface area contributed by atoms with Gasteiger partial charge in [-0.05, 0) is 63.1 Å². The third-order valence-corrected chi connectivity index (χ3v) is 6.69. The Labute approximate surface area is 215 Å². The summed E-state index contributed by atoms with van der Waals surface area (Å²) in [6, 6.07) is 27.7. The highest BCUT2D eigenvalue weighted by Gasteiger charge is 2.16. The minimum atomic E-state index is 0.513. The Morgan fingerprint density at radius 1 is 0.649 bits per heavy atom. The van der Waals surface area contributed by atoms with Gasteiger partial charge in [-0.15, -0.1) is 0 Å². The molecule has 0 aliphatic heterocycles.